The molecule has 0 amide bonds. The second kappa shape index (κ2) is 11.7. The number of hydrogen-bond acceptors (Lipinski definition) is 8. The van der Waals surface area contributed by atoms with Crippen LogP contribution in [-0.4, -0.2) is 75.2 Å². The minimum Gasteiger partial charge on any atom is -0.389 e. The van der Waals surface area contributed by atoms with Crippen molar-refractivity contribution in [2.75, 3.05) is 31.7 Å². The van der Waals surface area contributed by atoms with Gasteiger partial charge in [0.05, 0.1) is 54.4 Å². The second-order valence-corrected chi connectivity index (χ2v) is 11.6. The number of morpholine rings is 1. The van der Waals surface area contributed by atoms with Gasteiger partial charge in [-0.05, 0) is 53.2 Å². The van der Waals surface area contributed by atoms with Crippen LogP contribution in [0.25, 0.3) is 22.2 Å². The molecule has 2 aromatic heterocycles. The summed E-state index contributed by atoms with van der Waals surface area (Å²) in [6.07, 6.45) is 1.28. The van der Waals surface area contributed by atoms with E-state index in [9.17, 15) is 9.90 Å². The predicted octanol–water partition coefficient (Wildman–Crippen LogP) is 4.31. The summed E-state index contributed by atoms with van der Waals surface area (Å²) in [6, 6.07) is 3.04. The number of rotatable bonds is 6. The Morgan fingerprint density at radius 2 is 1.93 bits per heavy atom. The number of anilines is 1. The Balaban J connectivity index is 1.63. The molecule has 0 unspecified atom stereocenters. The van der Waals surface area contributed by atoms with Gasteiger partial charge < -0.3 is 24.5 Å². The maximum Gasteiger partial charge on any atom is 0.223 e. The van der Waals surface area contributed by atoms with Crippen LogP contribution in [0, 0.1) is 12.7 Å². The van der Waals surface area contributed by atoms with E-state index in [-0.39, 0.29) is 58.4 Å². The molecule has 0 saturated carbocycles. The molecule has 0 radical (unpaired) electrons. The number of nitrogens with zero attached hydrogens (tertiary/aromatic N) is 4. The van der Waals surface area contributed by atoms with Gasteiger partial charge in [0, 0.05) is 53.5 Å². The first-order valence-electron chi connectivity index (χ1n) is 13.8. The van der Waals surface area contributed by atoms with Crippen molar-refractivity contribution in [2.45, 2.75) is 77.9 Å². The number of halogens is 2. The fourth-order valence-electron chi connectivity index (χ4n) is 5.77. The van der Waals surface area contributed by atoms with Crippen molar-refractivity contribution < 1.29 is 19.0 Å². The summed E-state index contributed by atoms with van der Waals surface area (Å²) in [5.74, 6) is -0.369. The van der Waals surface area contributed by atoms with Gasteiger partial charge in [0.25, 0.3) is 0 Å². The molecule has 0 aliphatic carbocycles. The first-order valence-corrected chi connectivity index (χ1v) is 14.2. The third-order valence-electron chi connectivity index (χ3n) is 7.99. The number of hydrogen-bond donors (Lipinski definition) is 2. The van der Waals surface area contributed by atoms with Crippen LogP contribution in [-0.2, 0) is 16.0 Å². The zero-order chi connectivity index (χ0) is 28.7. The molecular formula is C29H37ClFN5O4. The molecule has 11 heteroatoms. The normalized spacial score (nSPS) is 24.1. The van der Waals surface area contributed by atoms with E-state index >= 15 is 4.39 Å². The first-order chi connectivity index (χ1) is 19.1. The lowest BCUT2D eigenvalue weighted by molar-refractivity contribution is -0.0420. The molecule has 2 aliphatic heterocycles. The molecule has 2 aliphatic rings. The van der Waals surface area contributed by atoms with Crippen LogP contribution in [0.1, 0.15) is 51.4 Å². The van der Waals surface area contributed by atoms with E-state index in [1.807, 2.05) is 6.92 Å². The monoisotopic (exact) mass is 573 g/mol. The van der Waals surface area contributed by atoms with Crippen LogP contribution in [0.3, 0.4) is 0 Å². The van der Waals surface area contributed by atoms with E-state index in [0.29, 0.717) is 49.3 Å². The quantitative estimate of drug-likeness (QED) is 0.450. The van der Waals surface area contributed by atoms with E-state index < -0.39 is 11.9 Å². The predicted molar refractivity (Wildman–Crippen MR) is 153 cm³/mol. The SMILES string of the molecule is Cc1c(CN2[C@H](C)COC[C@H]2C)n(C(C)C)c2cc(-c3nc(N[C@@H]4CCOC[C@H]4O)ncc3Cl)c(F)cc2c1=O. The number of nitrogens with one attached hydrogen (secondary N) is 1. The summed E-state index contributed by atoms with van der Waals surface area (Å²) in [4.78, 5) is 24.7. The molecule has 2 fully saturated rings. The summed E-state index contributed by atoms with van der Waals surface area (Å²) in [5.41, 5.74) is 2.32. The second-order valence-electron chi connectivity index (χ2n) is 11.2. The topological polar surface area (TPSA) is 102 Å². The summed E-state index contributed by atoms with van der Waals surface area (Å²) in [5, 5.41) is 13.9. The van der Waals surface area contributed by atoms with Crippen LogP contribution < -0.4 is 10.7 Å². The standard InChI is InChI=1S/C29H37ClFN5O4/c1-15(2)36-24-9-19(27-21(30)10-32-29(34-27)33-23-6-7-39-14-26(23)37)22(31)8-20(24)28(38)18(5)25(36)11-35-16(3)12-40-13-17(35)4/h8-10,15-17,23,26,37H,6-7,11-14H2,1-5H3,(H,32,33,34)/t16-,17-,23-,26-/m1/s1. The fourth-order valence-corrected chi connectivity index (χ4v) is 5.96. The lowest BCUT2D eigenvalue weighted by Crippen LogP contribution is -2.49. The van der Waals surface area contributed by atoms with Crippen LogP contribution in [0.4, 0.5) is 10.3 Å². The Morgan fingerprint density at radius 1 is 1.20 bits per heavy atom. The Morgan fingerprint density at radius 3 is 2.60 bits per heavy atom. The highest BCUT2D eigenvalue weighted by atomic mass is 35.5. The Kier molecular flexibility index (Phi) is 8.45. The summed E-state index contributed by atoms with van der Waals surface area (Å²) in [6.45, 7) is 12.7. The minimum absolute atomic E-state index is 0.00475. The van der Waals surface area contributed by atoms with Crippen molar-refractivity contribution in [3.05, 3.63) is 50.7 Å². The average molecular weight is 574 g/mol. The maximum atomic E-state index is 15.7. The van der Waals surface area contributed by atoms with E-state index in [1.54, 1.807) is 6.07 Å². The number of fused-ring (bicyclic) bond motifs is 1. The highest BCUT2D eigenvalue weighted by molar-refractivity contribution is 6.33. The number of ether oxygens (including phenoxy) is 2. The Hall–Kier alpha value is -2.63. The molecule has 4 atom stereocenters. The van der Waals surface area contributed by atoms with Crippen molar-refractivity contribution in [3.8, 4) is 11.3 Å². The van der Waals surface area contributed by atoms with Gasteiger partial charge in [0.15, 0.2) is 5.43 Å². The Labute approximate surface area is 238 Å². The van der Waals surface area contributed by atoms with Gasteiger partial charge in [0.2, 0.25) is 5.95 Å². The first kappa shape index (κ1) is 28.9. The van der Waals surface area contributed by atoms with Gasteiger partial charge in [-0.25, -0.2) is 14.4 Å². The zero-order valence-corrected chi connectivity index (χ0v) is 24.3. The number of aliphatic hydroxyl groups excluding tert-OH is 1. The van der Waals surface area contributed by atoms with Crippen molar-refractivity contribution in [3.63, 3.8) is 0 Å². The fraction of sp³-hybridized carbons (Fsp3) is 0.552. The minimum atomic E-state index is -0.715. The van der Waals surface area contributed by atoms with Gasteiger partial charge in [0.1, 0.15) is 5.82 Å². The van der Waals surface area contributed by atoms with Crippen LogP contribution in [0.15, 0.2) is 23.1 Å². The molecule has 1 aromatic carbocycles. The number of aliphatic hydroxyl groups is 1. The summed E-state index contributed by atoms with van der Waals surface area (Å²) < 4.78 is 28.8. The molecule has 216 valence electrons. The molecule has 0 spiro atoms. The lowest BCUT2D eigenvalue weighted by atomic mass is 10.0. The Bertz CT molecular complexity index is 1450. The van der Waals surface area contributed by atoms with Gasteiger partial charge in [-0.3, -0.25) is 9.69 Å². The van der Waals surface area contributed by atoms with Gasteiger partial charge in [-0.2, -0.15) is 0 Å². The molecule has 9 nitrogen and oxygen atoms in total. The molecule has 2 saturated heterocycles. The average Bonchev–Trinajstić information content (AvgIpc) is 2.91. The van der Waals surface area contributed by atoms with E-state index in [2.05, 4.69) is 52.4 Å². The molecule has 2 N–H and O–H groups in total. The summed E-state index contributed by atoms with van der Waals surface area (Å²) in [7, 11) is 0. The largest absolute Gasteiger partial charge is 0.389 e. The molecule has 0 bridgehead atoms. The lowest BCUT2D eigenvalue weighted by Gasteiger charge is -2.39. The molecule has 5 rings (SSSR count). The number of benzene rings is 1. The highest BCUT2D eigenvalue weighted by Gasteiger charge is 2.29. The van der Waals surface area contributed by atoms with Crippen molar-refractivity contribution in [1.82, 2.24) is 19.4 Å². The van der Waals surface area contributed by atoms with Crippen LogP contribution >= 0.6 is 11.6 Å². The third kappa shape index (κ3) is 5.47. The van der Waals surface area contributed by atoms with E-state index in [0.717, 1.165) is 5.69 Å². The van der Waals surface area contributed by atoms with Gasteiger partial charge >= 0.3 is 0 Å². The molecular weight excluding hydrogens is 537 g/mol. The van der Waals surface area contributed by atoms with Crippen molar-refractivity contribution in [2.24, 2.45) is 0 Å². The van der Waals surface area contributed by atoms with Gasteiger partial charge in [-0.1, -0.05) is 11.6 Å². The molecule has 3 aromatic rings. The highest BCUT2D eigenvalue weighted by Crippen LogP contribution is 2.33. The molecule has 4 heterocycles. The van der Waals surface area contributed by atoms with Crippen LogP contribution in [0.2, 0.25) is 5.02 Å². The maximum absolute atomic E-state index is 15.7. The smallest absolute Gasteiger partial charge is 0.223 e. The summed E-state index contributed by atoms with van der Waals surface area (Å²) >= 11 is 6.50. The van der Waals surface area contributed by atoms with Crippen molar-refractivity contribution >= 4 is 28.5 Å². The van der Waals surface area contributed by atoms with Crippen molar-refractivity contribution in [1.29, 1.82) is 0 Å². The number of pyridine rings is 1. The third-order valence-corrected chi connectivity index (χ3v) is 8.27. The van der Waals surface area contributed by atoms with E-state index in [4.69, 9.17) is 21.1 Å². The van der Waals surface area contributed by atoms with E-state index in [1.165, 1.54) is 12.3 Å². The zero-order valence-electron chi connectivity index (χ0n) is 23.6. The molecule has 40 heavy (non-hydrogen) atoms. The number of aromatic nitrogens is 3. The van der Waals surface area contributed by atoms with Crippen LogP contribution in [0.5, 0.6) is 0 Å². The van der Waals surface area contributed by atoms with Gasteiger partial charge in [-0.15, -0.1) is 0 Å².